The summed E-state index contributed by atoms with van der Waals surface area (Å²) in [6.45, 7) is 5.01. The van der Waals surface area contributed by atoms with Gasteiger partial charge in [-0.2, -0.15) is 0 Å². The van der Waals surface area contributed by atoms with Crippen LogP contribution in [0.4, 0.5) is 5.82 Å². The van der Waals surface area contributed by atoms with Crippen LogP contribution >= 0.6 is 11.3 Å². The van der Waals surface area contributed by atoms with Gasteiger partial charge in [0.25, 0.3) is 0 Å². The number of nitrogens with zero attached hydrogens (tertiary/aromatic N) is 3. The van der Waals surface area contributed by atoms with E-state index in [1.807, 2.05) is 12.1 Å². The maximum atomic E-state index is 5.42. The van der Waals surface area contributed by atoms with Gasteiger partial charge in [-0.25, -0.2) is 9.97 Å². The molecule has 1 aliphatic heterocycles. The summed E-state index contributed by atoms with van der Waals surface area (Å²) in [4.78, 5) is 13.2. The minimum absolute atomic E-state index is 0.766. The van der Waals surface area contributed by atoms with E-state index in [0.29, 0.717) is 0 Å². The Hall–Kier alpha value is -2.02. The third kappa shape index (κ3) is 3.56. The number of hydrogen-bond donors (Lipinski definition) is 1. The van der Waals surface area contributed by atoms with Crippen LogP contribution in [0.1, 0.15) is 10.7 Å². The minimum atomic E-state index is 0.766. The summed E-state index contributed by atoms with van der Waals surface area (Å²) in [5.41, 5.74) is 0.990. The highest BCUT2D eigenvalue weighted by Crippen LogP contribution is 2.22. The zero-order valence-corrected chi connectivity index (χ0v) is 14.3. The van der Waals surface area contributed by atoms with Crippen LogP contribution < -0.4 is 5.32 Å². The van der Waals surface area contributed by atoms with Gasteiger partial charge >= 0.3 is 0 Å². The van der Waals surface area contributed by atoms with Crippen LogP contribution in [-0.4, -0.2) is 41.2 Å². The van der Waals surface area contributed by atoms with Gasteiger partial charge in [0.05, 0.1) is 31.8 Å². The van der Waals surface area contributed by atoms with E-state index < -0.39 is 0 Å². The molecule has 2 aromatic heterocycles. The second kappa shape index (κ2) is 7.25. The SMILES string of the molecule is c1csc(CNc2nc(CN3CCOCC3)nc3ccccc23)c1. The molecule has 3 heterocycles. The summed E-state index contributed by atoms with van der Waals surface area (Å²) in [7, 11) is 0. The van der Waals surface area contributed by atoms with E-state index >= 15 is 0 Å². The molecule has 1 fully saturated rings. The highest BCUT2D eigenvalue weighted by molar-refractivity contribution is 7.09. The van der Waals surface area contributed by atoms with Crippen molar-refractivity contribution in [2.45, 2.75) is 13.1 Å². The monoisotopic (exact) mass is 340 g/mol. The number of thiophene rings is 1. The van der Waals surface area contributed by atoms with Crippen molar-refractivity contribution in [3.63, 3.8) is 0 Å². The van der Waals surface area contributed by atoms with E-state index in [9.17, 15) is 0 Å². The number of rotatable bonds is 5. The first kappa shape index (κ1) is 15.5. The molecule has 1 saturated heterocycles. The van der Waals surface area contributed by atoms with Crippen molar-refractivity contribution in [1.29, 1.82) is 0 Å². The number of para-hydroxylation sites is 1. The van der Waals surface area contributed by atoms with Crippen LogP contribution in [0.2, 0.25) is 0 Å². The number of hydrogen-bond acceptors (Lipinski definition) is 6. The molecule has 0 unspecified atom stereocenters. The number of fused-ring (bicyclic) bond motifs is 1. The molecule has 6 heteroatoms. The quantitative estimate of drug-likeness (QED) is 0.773. The lowest BCUT2D eigenvalue weighted by atomic mass is 10.2. The summed E-state index contributed by atoms with van der Waals surface area (Å²) in [6.07, 6.45) is 0. The van der Waals surface area contributed by atoms with Crippen molar-refractivity contribution in [1.82, 2.24) is 14.9 Å². The lowest BCUT2D eigenvalue weighted by molar-refractivity contribution is 0.0331. The first-order chi connectivity index (χ1) is 11.9. The summed E-state index contributed by atoms with van der Waals surface area (Å²) in [5, 5.41) is 6.65. The molecule has 0 spiro atoms. The fourth-order valence-electron chi connectivity index (χ4n) is 2.87. The standard InChI is InChI=1S/C18H20N4OS/c1-2-6-16-15(5-1)18(19-12-14-4-3-11-24-14)21-17(20-16)13-22-7-9-23-10-8-22/h1-6,11H,7-10,12-13H2,(H,19,20,21). The van der Waals surface area contributed by atoms with E-state index in [2.05, 4.69) is 39.9 Å². The molecule has 0 aliphatic carbocycles. The Balaban J connectivity index is 1.60. The Kier molecular flexibility index (Phi) is 4.69. The Morgan fingerprint density at radius 3 is 2.79 bits per heavy atom. The fraction of sp³-hybridized carbons (Fsp3) is 0.333. The maximum Gasteiger partial charge on any atom is 0.145 e. The number of ether oxygens (including phenoxy) is 1. The number of anilines is 1. The van der Waals surface area contributed by atoms with Gasteiger partial charge in [0.15, 0.2) is 0 Å². The normalized spacial score (nSPS) is 15.7. The number of aromatic nitrogens is 2. The highest BCUT2D eigenvalue weighted by atomic mass is 32.1. The Morgan fingerprint density at radius 1 is 1.08 bits per heavy atom. The van der Waals surface area contributed by atoms with Gasteiger partial charge in [-0.15, -0.1) is 11.3 Å². The molecule has 3 aromatic rings. The molecular formula is C18H20N4OS. The van der Waals surface area contributed by atoms with Gasteiger partial charge in [0, 0.05) is 23.4 Å². The number of nitrogens with one attached hydrogen (secondary N) is 1. The first-order valence-corrected chi connectivity index (χ1v) is 9.08. The van der Waals surface area contributed by atoms with Gasteiger partial charge in [-0.05, 0) is 23.6 Å². The molecule has 4 rings (SSSR count). The lowest BCUT2D eigenvalue weighted by Crippen LogP contribution is -2.36. The molecular weight excluding hydrogens is 320 g/mol. The third-order valence-electron chi connectivity index (χ3n) is 4.13. The average Bonchev–Trinajstić information content (AvgIpc) is 3.14. The molecule has 0 bridgehead atoms. The summed E-state index contributed by atoms with van der Waals surface area (Å²) in [5.74, 6) is 1.78. The van der Waals surface area contributed by atoms with Crippen molar-refractivity contribution < 1.29 is 4.74 Å². The third-order valence-corrected chi connectivity index (χ3v) is 5.00. The van der Waals surface area contributed by atoms with E-state index in [1.165, 1.54) is 4.88 Å². The topological polar surface area (TPSA) is 50.3 Å². The number of morpholine rings is 1. The average molecular weight is 340 g/mol. The van der Waals surface area contributed by atoms with Crippen molar-refractivity contribution in [2.75, 3.05) is 31.6 Å². The zero-order chi connectivity index (χ0) is 16.2. The fourth-order valence-corrected chi connectivity index (χ4v) is 3.52. The molecule has 1 aromatic carbocycles. The van der Waals surface area contributed by atoms with Crippen molar-refractivity contribution >= 4 is 28.1 Å². The maximum absolute atomic E-state index is 5.42. The van der Waals surface area contributed by atoms with Crippen molar-refractivity contribution in [3.8, 4) is 0 Å². The molecule has 5 nitrogen and oxygen atoms in total. The van der Waals surface area contributed by atoms with E-state index in [0.717, 1.165) is 61.9 Å². The lowest BCUT2D eigenvalue weighted by Gasteiger charge is -2.26. The zero-order valence-electron chi connectivity index (χ0n) is 13.4. The van der Waals surface area contributed by atoms with Gasteiger partial charge in [0.1, 0.15) is 11.6 Å². The second-order valence-corrected chi connectivity index (χ2v) is 6.86. The van der Waals surface area contributed by atoms with E-state index in [1.54, 1.807) is 11.3 Å². The molecule has 24 heavy (non-hydrogen) atoms. The van der Waals surface area contributed by atoms with E-state index in [-0.39, 0.29) is 0 Å². The van der Waals surface area contributed by atoms with Crippen LogP contribution in [0.15, 0.2) is 41.8 Å². The molecule has 0 atom stereocenters. The molecule has 0 amide bonds. The molecule has 1 N–H and O–H groups in total. The van der Waals surface area contributed by atoms with Crippen molar-refractivity contribution in [3.05, 3.63) is 52.5 Å². The van der Waals surface area contributed by atoms with Gasteiger partial charge < -0.3 is 10.1 Å². The second-order valence-electron chi connectivity index (χ2n) is 5.83. The van der Waals surface area contributed by atoms with Crippen LogP contribution in [-0.2, 0) is 17.8 Å². The van der Waals surface area contributed by atoms with Gasteiger partial charge in [-0.1, -0.05) is 18.2 Å². The molecule has 124 valence electrons. The summed E-state index contributed by atoms with van der Waals surface area (Å²) >= 11 is 1.75. The molecule has 0 saturated carbocycles. The van der Waals surface area contributed by atoms with E-state index in [4.69, 9.17) is 14.7 Å². The van der Waals surface area contributed by atoms with Gasteiger partial charge in [-0.3, -0.25) is 4.90 Å². The smallest absolute Gasteiger partial charge is 0.145 e. The summed E-state index contributed by atoms with van der Waals surface area (Å²) < 4.78 is 5.42. The minimum Gasteiger partial charge on any atom is -0.379 e. The van der Waals surface area contributed by atoms with Crippen molar-refractivity contribution in [2.24, 2.45) is 0 Å². The van der Waals surface area contributed by atoms with Crippen LogP contribution in [0.3, 0.4) is 0 Å². The predicted molar refractivity (Wildman–Crippen MR) is 97.3 cm³/mol. The molecule has 0 radical (unpaired) electrons. The van der Waals surface area contributed by atoms with Crippen LogP contribution in [0.25, 0.3) is 10.9 Å². The highest BCUT2D eigenvalue weighted by Gasteiger charge is 2.14. The predicted octanol–water partition coefficient (Wildman–Crippen LogP) is 3.14. The Bertz CT molecular complexity index is 800. The van der Waals surface area contributed by atoms with Crippen LogP contribution in [0, 0.1) is 0 Å². The largest absolute Gasteiger partial charge is 0.379 e. The first-order valence-electron chi connectivity index (χ1n) is 8.20. The van der Waals surface area contributed by atoms with Crippen LogP contribution in [0.5, 0.6) is 0 Å². The Labute approximate surface area is 145 Å². The Morgan fingerprint density at radius 2 is 1.96 bits per heavy atom. The summed E-state index contributed by atoms with van der Waals surface area (Å²) in [6, 6.07) is 12.4. The molecule has 1 aliphatic rings. The van der Waals surface area contributed by atoms with Gasteiger partial charge in [0.2, 0.25) is 0 Å². The number of benzene rings is 1.